The zero-order valence-electron chi connectivity index (χ0n) is 23.9. The normalized spacial score (nSPS) is 10.7. The largest absolute Gasteiger partial charge is 0.497 e. The number of anilines is 2. The molecule has 9 nitrogen and oxygen atoms in total. The first kappa shape index (κ1) is 29.7. The monoisotopic (exact) mass is 615 g/mol. The van der Waals surface area contributed by atoms with Crippen molar-refractivity contribution in [3.8, 4) is 23.0 Å². The van der Waals surface area contributed by atoms with E-state index in [9.17, 15) is 9.59 Å². The van der Waals surface area contributed by atoms with Gasteiger partial charge in [-0.2, -0.15) is 0 Å². The number of carbonyl (C=O) groups excluding carboxylic acids is 2. The van der Waals surface area contributed by atoms with Crippen molar-refractivity contribution in [2.45, 2.75) is 10.1 Å². The first-order chi connectivity index (χ1) is 20.9. The molecule has 1 aromatic heterocycles. The number of carbonyl (C=O) groups is 2. The summed E-state index contributed by atoms with van der Waals surface area (Å²) in [7, 11) is 6.20. The summed E-state index contributed by atoms with van der Waals surface area (Å²) in [4.78, 5) is 30.4. The highest BCUT2D eigenvalue weighted by atomic mass is 32.2. The molecule has 43 heavy (non-hydrogen) atoms. The van der Waals surface area contributed by atoms with Crippen LogP contribution in [0.5, 0.6) is 23.0 Å². The van der Waals surface area contributed by atoms with Crippen LogP contribution < -0.4 is 29.6 Å². The summed E-state index contributed by atoms with van der Waals surface area (Å²) in [6.45, 7) is 0. The van der Waals surface area contributed by atoms with Crippen LogP contribution in [0.15, 0.2) is 83.2 Å². The molecule has 0 aliphatic carbocycles. The average molecular weight is 616 g/mol. The fourth-order valence-electron chi connectivity index (χ4n) is 4.23. The van der Waals surface area contributed by atoms with E-state index >= 15 is 0 Å². The highest BCUT2D eigenvalue weighted by Crippen LogP contribution is 2.34. The molecule has 2 amide bonds. The van der Waals surface area contributed by atoms with Crippen LogP contribution in [0.4, 0.5) is 11.4 Å². The molecule has 0 saturated carbocycles. The van der Waals surface area contributed by atoms with Crippen LogP contribution in [0.25, 0.3) is 10.2 Å². The highest BCUT2D eigenvalue weighted by molar-refractivity contribution is 8.00. The lowest BCUT2D eigenvalue weighted by Gasteiger charge is -2.12. The van der Waals surface area contributed by atoms with Gasteiger partial charge < -0.3 is 29.6 Å². The van der Waals surface area contributed by atoms with Gasteiger partial charge in [-0.3, -0.25) is 9.59 Å². The number of aromatic nitrogens is 1. The maximum absolute atomic E-state index is 12.8. The first-order valence-corrected chi connectivity index (χ1v) is 14.9. The number of thiazole rings is 1. The summed E-state index contributed by atoms with van der Waals surface area (Å²) in [5.41, 5.74) is 4.11. The average Bonchev–Trinajstić information content (AvgIpc) is 3.45. The molecule has 0 aliphatic heterocycles. The molecule has 2 N–H and O–H groups in total. The number of rotatable bonds is 11. The van der Waals surface area contributed by atoms with E-state index in [4.69, 9.17) is 23.9 Å². The summed E-state index contributed by atoms with van der Waals surface area (Å²) in [5.74, 6) is 2.40. The fraction of sp³-hybridized carbons (Fsp3) is 0.156. The van der Waals surface area contributed by atoms with Gasteiger partial charge in [0.15, 0.2) is 15.8 Å². The third-order valence-corrected chi connectivity index (χ3v) is 8.74. The summed E-state index contributed by atoms with van der Waals surface area (Å²) in [6, 6.07) is 23.4. The predicted molar refractivity (Wildman–Crippen MR) is 171 cm³/mol. The van der Waals surface area contributed by atoms with Gasteiger partial charge in [0, 0.05) is 28.6 Å². The van der Waals surface area contributed by atoms with E-state index in [1.807, 2.05) is 30.3 Å². The second kappa shape index (κ2) is 13.5. The van der Waals surface area contributed by atoms with Crippen molar-refractivity contribution in [3.63, 3.8) is 0 Å². The Morgan fingerprint density at radius 1 is 0.721 bits per heavy atom. The minimum absolute atomic E-state index is 0.244. The molecule has 4 aromatic carbocycles. The quantitative estimate of drug-likeness (QED) is 0.151. The highest BCUT2D eigenvalue weighted by Gasteiger charge is 2.14. The van der Waals surface area contributed by atoms with Gasteiger partial charge in [-0.25, -0.2) is 4.98 Å². The lowest BCUT2D eigenvalue weighted by Crippen LogP contribution is -2.12. The Bertz CT molecular complexity index is 1770. The number of fused-ring (bicyclic) bond motifs is 1. The number of nitrogens with zero attached hydrogens (tertiary/aromatic N) is 1. The van der Waals surface area contributed by atoms with Crippen molar-refractivity contribution in [1.82, 2.24) is 4.98 Å². The van der Waals surface area contributed by atoms with E-state index in [2.05, 4.69) is 10.6 Å². The van der Waals surface area contributed by atoms with Crippen molar-refractivity contribution in [3.05, 3.63) is 95.6 Å². The fourth-order valence-corrected chi connectivity index (χ4v) is 6.29. The zero-order valence-corrected chi connectivity index (χ0v) is 25.6. The minimum Gasteiger partial charge on any atom is -0.497 e. The van der Waals surface area contributed by atoms with E-state index in [1.165, 1.54) is 7.11 Å². The molecular formula is C32H29N3O6S2. The van der Waals surface area contributed by atoms with E-state index in [-0.39, 0.29) is 11.8 Å². The summed E-state index contributed by atoms with van der Waals surface area (Å²) in [5, 5.41) is 5.82. The van der Waals surface area contributed by atoms with Gasteiger partial charge in [0.25, 0.3) is 11.8 Å². The molecule has 0 aliphatic rings. The number of benzene rings is 4. The molecule has 0 bridgehead atoms. The van der Waals surface area contributed by atoms with Gasteiger partial charge in [-0.1, -0.05) is 23.9 Å². The topological polar surface area (TPSA) is 108 Å². The Hall–Kier alpha value is -4.74. The Balaban J connectivity index is 1.20. The Labute approximate surface area is 257 Å². The van der Waals surface area contributed by atoms with Crippen molar-refractivity contribution < 1.29 is 28.5 Å². The molecule has 5 aromatic rings. The van der Waals surface area contributed by atoms with Gasteiger partial charge in [0.2, 0.25) is 0 Å². The lowest BCUT2D eigenvalue weighted by molar-refractivity contribution is 0.101. The van der Waals surface area contributed by atoms with Crippen molar-refractivity contribution in [1.29, 1.82) is 0 Å². The summed E-state index contributed by atoms with van der Waals surface area (Å²) in [6.07, 6.45) is 0. The molecule has 220 valence electrons. The SMILES string of the molecule is COc1ccc(OC)c(NC(=O)c2ccc(CSc3nc4ccc(NC(=O)c5ccc(OC)c(OC)c5)cc4s3)cc2)c1. The van der Waals surface area contributed by atoms with Crippen LogP contribution >= 0.6 is 23.1 Å². The number of methoxy groups -OCH3 is 4. The van der Waals surface area contributed by atoms with Gasteiger partial charge >= 0.3 is 0 Å². The Morgan fingerprint density at radius 3 is 2.14 bits per heavy atom. The van der Waals surface area contributed by atoms with Crippen LogP contribution in [0, 0.1) is 0 Å². The Morgan fingerprint density at radius 2 is 1.42 bits per heavy atom. The maximum atomic E-state index is 12.8. The maximum Gasteiger partial charge on any atom is 0.255 e. The number of nitrogens with one attached hydrogen (secondary N) is 2. The summed E-state index contributed by atoms with van der Waals surface area (Å²) >= 11 is 3.17. The standard InChI is InChI=1S/C32H29N3O6S2/c1-38-23-11-14-26(39-2)25(17-23)34-30(36)20-7-5-19(6-8-20)18-42-32-35-24-12-10-22(16-29(24)43-32)33-31(37)21-9-13-27(40-3)28(15-21)41-4/h5-17H,18H2,1-4H3,(H,33,37)(H,34,36). The smallest absolute Gasteiger partial charge is 0.255 e. The van der Waals surface area contributed by atoms with Gasteiger partial charge in [-0.15, -0.1) is 11.3 Å². The minimum atomic E-state index is -0.251. The molecule has 0 radical (unpaired) electrons. The lowest BCUT2D eigenvalue weighted by atomic mass is 10.1. The zero-order chi connectivity index (χ0) is 30.3. The molecule has 5 rings (SSSR count). The van der Waals surface area contributed by atoms with E-state index in [0.29, 0.717) is 51.3 Å². The molecule has 0 saturated heterocycles. The molecule has 0 spiro atoms. The van der Waals surface area contributed by atoms with Gasteiger partial charge in [0.1, 0.15) is 11.5 Å². The molecule has 11 heteroatoms. The second-order valence-corrected chi connectivity index (χ2v) is 11.4. The molecule has 1 heterocycles. The molecular weight excluding hydrogens is 587 g/mol. The van der Waals surface area contributed by atoms with E-state index in [0.717, 1.165) is 20.1 Å². The summed E-state index contributed by atoms with van der Waals surface area (Å²) < 4.78 is 23.0. The van der Waals surface area contributed by atoms with Crippen LogP contribution in [-0.2, 0) is 5.75 Å². The second-order valence-electron chi connectivity index (χ2n) is 9.19. The number of amides is 2. The molecule has 0 atom stereocenters. The molecule has 0 fully saturated rings. The van der Waals surface area contributed by atoms with Crippen molar-refractivity contribution in [2.75, 3.05) is 39.1 Å². The Kier molecular flexibility index (Phi) is 9.33. The third kappa shape index (κ3) is 7.02. The van der Waals surface area contributed by atoms with Crippen LogP contribution in [0.3, 0.4) is 0 Å². The number of hydrogen-bond donors (Lipinski definition) is 2. The number of thioether (sulfide) groups is 1. The number of hydrogen-bond acceptors (Lipinski definition) is 9. The van der Waals surface area contributed by atoms with Crippen LogP contribution in [-0.4, -0.2) is 45.2 Å². The van der Waals surface area contributed by atoms with Gasteiger partial charge in [0.05, 0.1) is 44.3 Å². The third-order valence-electron chi connectivity index (χ3n) is 6.51. The number of ether oxygens (including phenoxy) is 4. The van der Waals surface area contributed by atoms with Crippen LogP contribution in [0.1, 0.15) is 26.3 Å². The van der Waals surface area contributed by atoms with E-state index in [1.54, 1.807) is 93.0 Å². The molecule has 0 unspecified atom stereocenters. The van der Waals surface area contributed by atoms with E-state index < -0.39 is 0 Å². The van der Waals surface area contributed by atoms with Crippen molar-refractivity contribution in [2.24, 2.45) is 0 Å². The predicted octanol–water partition coefficient (Wildman–Crippen LogP) is 7.13. The first-order valence-electron chi connectivity index (χ1n) is 13.1. The van der Waals surface area contributed by atoms with Crippen LogP contribution in [0.2, 0.25) is 0 Å². The van der Waals surface area contributed by atoms with Gasteiger partial charge in [-0.05, 0) is 66.2 Å². The van der Waals surface area contributed by atoms with Crippen molar-refractivity contribution >= 4 is 56.5 Å².